The molecule has 3 aromatic rings. The first-order valence-corrected chi connectivity index (χ1v) is 11.1. The molecule has 0 amide bonds. The summed E-state index contributed by atoms with van der Waals surface area (Å²) in [5, 5.41) is 5.28. The number of aromatic nitrogens is 2. The summed E-state index contributed by atoms with van der Waals surface area (Å²) in [6.07, 6.45) is 2.12. The molecule has 6 nitrogen and oxygen atoms in total. The maximum Gasteiger partial charge on any atom is 0.238 e. The maximum absolute atomic E-state index is 11.7. The second-order valence-corrected chi connectivity index (χ2v) is 8.89. The fourth-order valence-electron chi connectivity index (χ4n) is 3.40. The lowest BCUT2D eigenvalue weighted by molar-refractivity contribution is 0.304. The van der Waals surface area contributed by atoms with Crippen molar-refractivity contribution >= 4 is 21.1 Å². The number of aryl methyl sites for hydroxylation is 2. The van der Waals surface area contributed by atoms with Gasteiger partial charge in [0.1, 0.15) is 5.82 Å². The highest BCUT2D eigenvalue weighted by Gasteiger charge is 2.16. The SMILES string of the molecule is CCCCn1c(CN(C)Cc2ccccc2C)nc2cc(S(N)(=O)=O)ccc21. The van der Waals surface area contributed by atoms with Gasteiger partial charge in [-0.05, 0) is 49.7 Å². The fourth-order valence-corrected chi connectivity index (χ4v) is 3.93. The lowest BCUT2D eigenvalue weighted by Crippen LogP contribution is -2.20. The number of hydrogen-bond donors (Lipinski definition) is 1. The number of nitrogens with zero attached hydrogens (tertiary/aromatic N) is 3. The van der Waals surface area contributed by atoms with Gasteiger partial charge in [-0.1, -0.05) is 37.6 Å². The minimum atomic E-state index is -3.74. The van der Waals surface area contributed by atoms with E-state index in [1.54, 1.807) is 12.1 Å². The second-order valence-electron chi connectivity index (χ2n) is 7.33. The zero-order valence-electron chi connectivity index (χ0n) is 16.7. The molecular formula is C21H28N4O2S. The van der Waals surface area contributed by atoms with Crippen molar-refractivity contribution in [2.45, 2.75) is 51.2 Å². The molecule has 3 rings (SSSR count). The van der Waals surface area contributed by atoms with Gasteiger partial charge in [-0.15, -0.1) is 0 Å². The molecule has 28 heavy (non-hydrogen) atoms. The first kappa shape index (κ1) is 20.5. The van der Waals surface area contributed by atoms with Crippen LogP contribution in [0.4, 0.5) is 0 Å². The topological polar surface area (TPSA) is 81.2 Å². The van der Waals surface area contributed by atoms with E-state index in [9.17, 15) is 8.42 Å². The molecule has 2 aromatic carbocycles. The van der Waals surface area contributed by atoms with E-state index in [-0.39, 0.29) is 4.90 Å². The molecule has 0 saturated carbocycles. The van der Waals surface area contributed by atoms with E-state index in [0.29, 0.717) is 12.1 Å². The molecule has 0 atom stereocenters. The molecule has 7 heteroatoms. The van der Waals surface area contributed by atoms with Crippen molar-refractivity contribution in [1.29, 1.82) is 0 Å². The maximum atomic E-state index is 11.7. The molecule has 0 radical (unpaired) electrons. The number of unbranched alkanes of at least 4 members (excludes halogenated alkanes) is 1. The zero-order chi connectivity index (χ0) is 20.3. The van der Waals surface area contributed by atoms with E-state index in [4.69, 9.17) is 10.1 Å². The Morgan fingerprint density at radius 1 is 1.14 bits per heavy atom. The van der Waals surface area contributed by atoms with Gasteiger partial charge in [0.2, 0.25) is 10.0 Å². The quantitative estimate of drug-likeness (QED) is 0.628. The molecular weight excluding hydrogens is 372 g/mol. The van der Waals surface area contributed by atoms with Gasteiger partial charge in [-0.25, -0.2) is 18.5 Å². The molecule has 150 valence electrons. The predicted molar refractivity (Wildman–Crippen MR) is 112 cm³/mol. The molecule has 0 aliphatic carbocycles. The summed E-state index contributed by atoms with van der Waals surface area (Å²) >= 11 is 0. The van der Waals surface area contributed by atoms with E-state index in [1.807, 2.05) is 12.1 Å². The summed E-state index contributed by atoms with van der Waals surface area (Å²) in [5.41, 5.74) is 4.17. The van der Waals surface area contributed by atoms with Crippen molar-refractivity contribution in [3.8, 4) is 0 Å². The lowest BCUT2D eigenvalue weighted by atomic mass is 10.1. The Morgan fingerprint density at radius 2 is 1.89 bits per heavy atom. The van der Waals surface area contributed by atoms with Gasteiger partial charge in [0, 0.05) is 13.1 Å². The minimum absolute atomic E-state index is 0.0972. The number of fused-ring (bicyclic) bond motifs is 1. The predicted octanol–water partition coefficient (Wildman–Crippen LogP) is 3.42. The van der Waals surface area contributed by atoms with Crippen molar-refractivity contribution in [2.75, 3.05) is 7.05 Å². The van der Waals surface area contributed by atoms with Crippen LogP contribution in [0.3, 0.4) is 0 Å². The number of rotatable bonds is 8. The molecule has 2 N–H and O–H groups in total. The average Bonchev–Trinajstić information content (AvgIpc) is 2.97. The normalized spacial score (nSPS) is 12.2. The van der Waals surface area contributed by atoms with Gasteiger partial charge in [-0.2, -0.15) is 0 Å². The highest BCUT2D eigenvalue weighted by Crippen LogP contribution is 2.22. The Kier molecular flexibility index (Phi) is 6.17. The third-order valence-electron chi connectivity index (χ3n) is 4.98. The van der Waals surface area contributed by atoms with E-state index in [0.717, 1.165) is 37.3 Å². The zero-order valence-corrected chi connectivity index (χ0v) is 17.5. The Morgan fingerprint density at radius 3 is 2.57 bits per heavy atom. The Labute approximate surface area is 167 Å². The number of primary sulfonamides is 1. The molecule has 0 spiro atoms. The van der Waals surface area contributed by atoms with Gasteiger partial charge < -0.3 is 4.57 Å². The Balaban J connectivity index is 1.92. The summed E-state index contributed by atoms with van der Waals surface area (Å²) < 4.78 is 25.6. The molecule has 0 fully saturated rings. The van der Waals surface area contributed by atoms with Crippen LogP contribution < -0.4 is 5.14 Å². The van der Waals surface area contributed by atoms with Crippen LogP contribution in [-0.4, -0.2) is 29.9 Å². The smallest absolute Gasteiger partial charge is 0.238 e. The Bertz CT molecular complexity index is 1070. The van der Waals surface area contributed by atoms with Crippen molar-refractivity contribution in [3.05, 3.63) is 59.4 Å². The van der Waals surface area contributed by atoms with Crippen LogP contribution in [0, 0.1) is 6.92 Å². The highest BCUT2D eigenvalue weighted by molar-refractivity contribution is 7.89. The third-order valence-corrected chi connectivity index (χ3v) is 5.89. The average molecular weight is 401 g/mol. The van der Waals surface area contributed by atoms with Crippen molar-refractivity contribution in [2.24, 2.45) is 5.14 Å². The number of hydrogen-bond acceptors (Lipinski definition) is 4. The standard InChI is InChI=1S/C21H28N4O2S/c1-4-5-12-25-20-11-10-18(28(22,26)27)13-19(20)23-21(25)15-24(3)14-17-9-7-6-8-16(17)2/h6-11,13H,4-5,12,14-15H2,1-3H3,(H2,22,26,27). The van der Waals surface area contributed by atoms with E-state index < -0.39 is 10.0 Å². The van der Waals surface area contributed by atoms with Gasteiger partial charge in [0.05, 0.1) is 22.5 Å². The number of sulfonamides is 1. The monoisotopic (exact) mass is 400 g/mol. The van der Waals surface area contributed by atoms with Gasteiger partial charge in [0.25, 0.3) is 0 Å². The van der Waals surface area contributed by atoms with Crippen LogP contribution in [0.1, 0.15) is 36.7 Å². The van der Waals surface area contributed by atoms with Gasteiger partial charge in [-0.3, -0.25) is 4.90 Å². The summed E-state index contributed by atoms with van der Waals surface area (Å²) in [4.78, 5) is 7.07. The van der Waals surface area contributed by atoms with Crippen molar-refractivity contribution in [1.82, 2.24) is 14.5 Å². The summed E-state index contributed by atoms with van der Waals surface area (Å²) in [6.45, 7) is 6.63. The fraction of sp³-hybridized carbons (Fsp3) is 0.381. The summed E-state index contributed by atoms with van der Waals surface area (Å²) in [6, 6.07) is 13.3. The number of imidazole rings is 1. The van der Waals surface area contributed by atoms with Gasteiger partial charge in [0.15, 0.2) is 0 Å². The van der Waals surface area contributed by atoms with Crippen LogP contribution in [0.25, 0.3) is 11.0 Å². The van der Waals surface area contributed by atoms with E-state index in [2.05, 4.69) is 48.6 Å². The van der Waals surface area contributed by atoms with Crippen LogP contribution >= 0.6 is 0 Å². The van der Waals surface area contributed by atoms with Gasteiger partial charge >= 0.3 is 0 Å². The number of benzene rings is 2. The minimum Gasteiger partial charge on any atom is -0.327 e. The molecule has 0 unspecified atom stereocenters. The molecule has 1 heterocycles. The van der Waals surface area contributed by atoms with E-state index in [1.165, 1.54) is 11.1 Å². The molecule has 0 aliphatic heterocycles. The summed E-state index contributed by atoms with van der Waals surface area (Å²) in [5.74, 6) is 0.936. The van der Waals surface area contributed by atoms with Crippen LogP contribution in [-0.2, 0) is 29.7 Å². The summed E-state index contributed by atoms with van der Waals surface area (Å²) in [7, 11) is -1.67. The van der Waals surface area contributed by atoms with Crippen molar-refractivity contribution in [3.63, 3.8) is 0 Å². The second kappa shape index (κ2) is 8.43. The number of nitrogens with two attached hydrogens (primary N) is 1. The van der Waals surface area contributed by atoms with E-state index >= 15 is 0 Å². The first-order valence-electron chi connectivity index (χ1n) is 9.54. The Hall–Kier alpha value is -2.22. The molecule has 0 aliphatic rings. The third kappa shape index (κ3) is 4.60. The largest absolute Gasteiger partial charge is 0.327 e. The highest BCUT2D eigenvalue weighted by atomic mass is 32.2. The lowest BCUT2D eigenvalue weighted by Gasteiger charge is -2.18. The molecule has 0 saturated heterocycles. The van der Waals surface area contributed by atoms with Crippen LogP contribution in [0.2, 0.25) is 0 Å². The molecule has 0 bridgehead atoms. The first-order chi connectivity index (χ1) is 13.3. The molecule has 1 aromatic heterocycles. The van der Waals surface area contributed by atoms with Crippen molar-refractivity contribution < 1.29 is 8.42 Å². The van der Waals surface area contributed by atoms with Crippen LogP contribution in [0.5, 0.6) is 0 Å². The van der Waals surface area contributed by atoms with Crippen LogP contribution in [0.15, 0.2) is 47.4 Å².